The number of amides is 2. The number of furan rings is 1. The van der Waals surface area contributed by atoms with Crippen LogP contribution in [0.25, 0.3) is 0 Å². The molecule has 2 aromatic rings. The Bertz CT molecular complexity index is 920. The molecule has 0 spiro atoms. The molecule has 1 saturated carbocycles. The standard InChI is InChI=1S/C19H21FN2O5S/c20-13-7-9-15(10-8-13)28(25,26)17(16-6-3-11-27-16)12-21-18(23)19(24)22-14-4-1-2-5-14/h3,6-11,14,17H,1-2,4-5,12H2,(H,21,23)(H,22,24). The predicted molar refractivity (Wildman–Crippen MR) is 98.4 cm³/mol. The molecule has 0 bridgehead atoms. The van der Waals surface area contributed by atoms with Crippen LogP contribution in [0.1, 0.15) is 36.7 Å². The highest BCUT2D eigenvalue weighted by molar-refractivity contribution is 7.91. The average molecular weight is 408 g/mol. The molecule has 1 aromatic heterocycles. The summed E-state index contributed by atoms with van der Waals surface area (Å²) in [6, 6.07) is 7.35. The number of hydrogen-bond acceptors (Lipinski definition) is 5. The molecular weight excluding hydrogens is 387 g/mol. The molecule has 1 fully saturated rings. The van der Waals surface area contributed by atoms with Gasteiger partial charge in [0, 0.05) is 12.6 Å². The SMILES string of the molecule is O=C(NCC(c1ccco1)S(=O)(=O)c1ccc(F)cc1)C(=O)NC1CCCC1. The van der Waals surface area contributed by atoms with Crippen molar-refractivity contribution in [2.24, 2.45) is 0 Å². The summed E-state index contributed by atoms with van der Waals surface area (Å²) >= 11 is 0. The van der Waals surface area contributed by atoms with Crippen LogP contribution in [0.3, 0.4) is 0 Å². The second kappa shape index (κ2) is 8.55. The summed E-state index contributed by atoms with van der Waals surface area (Å²) in [5.74, 6) is -2.15. The van der Waals surface area contributed by atoms with E-state index in [0.717, 1.165) is 49.9 Å². The quantitative estimate of drug-likeness (QED) is 0.563. The van der Waals surface area contributed by atoms with Crippen molar-refractivity contribution in [3.63, 3.8) is 0 Å². The smallest absolute Gasteiger partial charge is 0.309 e. The zero-order valence-electron chi connectivity index (χ0n) is 15.1. The Morgan fingerprint density at radius 1 is 1.11 bits per heavy atom. The Morgan fingerprint density at radius 3 is 2.39 bits per heavy atom. The van der Waals surface area contributed by atoms with Crippen LogP contribution in [0.5, 0.6) is 0 Å². The van der Waals surface area contributed by atoms with Gasteiger partial charge in [-0.3, -0.25) is 9.59 Å². The molecule has 0 radical (unpaired) electrons. The fourth-order valence-corrected chi connectivity index (χ4v) is 4.80. The summed E-state index contributed by atoms with van der Waals surface area (Å²) in [7, 11) is -3.99. The number of nitrogens with one attached hydrogen (secondary N) is 2. The summed E-state index contributed by atoms with van der Waals surface area (Å²) in [6.45, 7) is -0.357. The van der Waals surface area contributed by atoms with E-state index in [1.54, 1.807) is 0 Å². The molecule has 2 N–H and O–H groups in total. The van der Waals surface area contributed by atoms with E-state index in [-0.39, 0.29) is 23.2 Å². The Hall–Kier alpha value is -2.68. The number of carbonyl (C=O) groups is 2. The topological polar surface area (TPSA) is 105 Å². The van der Waals surface area contributed by atoms with E-state index in [9.17, 15) is 22.4 Å². The molecule has 7 nitrogen and oxygen atoms in total. The van der Waals surface area contributed by atoms with Crippen molar-refractivity contribution in [2.75, 3.05) is 6.54 Å². The maximum absolute atomic E-state index is 13.1. The van der Waals surface area contributed by atoms with Crippen molar-refractivity contribution >= 4 is 21.7 Å². The second-order valence-electron chi connectivity index (χ2n) is 6.67. The molecule has 1 unspecified atom stereocenters. The summed E-state index contributed by atoms with van der Waals surface area (Å²) < 4.78 is 44.3. The molecule has 3 rings (SSSR count). The minimum Gasteiger partial charge on any atom is -0.468 e. The summed E-state index contributed by atoms with van der Waals surface area (Å²) in [6.07, 6.45) is 4.98. The maximum atomic E-state index is 13.1. The lowest BCUT2D eigenvalue weighted by atomic mass is 10.2. The van der Waals surface area contributed by atoms with Gasteiger partial charge in [-0.05, 0) is 49.2 Å². The molecule has 1 aliphatic rings. The van der Waals surface area contributed by atoms with Crippen molar-refractivity contribution < 1.29 is 26.8 Å². The van der Waals surface area contributed by atoms with Crippen LogP contribution in [0.2, 0.25) is 0 Å². The normalized spacial score (nSPS) is 15.9. The van der Waals surface area contributed by atoms with Gasteiger partial charge in [0.25, 0.3) is 0 Å². The number of carbonyl (C=O) groups excluding carboxylic acids is 2. The first-order valence-electron chi connectivity index (χ1n) is 8.99. The van der Waals surface area contributed by atoms with Gasteiger partial charge < -0.3 is 15.1 Å². The maximum Gasteiger partial charge on any atom is 0.309 e. The third-order valence-electron chi connectivity index (χ3n) is 4.72. The predicted octanol–water partition coefficient (Wildman–Crippen LogP) is 2.11. The highest BCUT2D eigenvalue weighted by atomic mass is 32.2. The van der Waals surface area contributed by atoms with Crippen molar-refractivity contribution in [3.8, 4) is 0 Å². The zero-order chi connectivity index (χ0) is 20.1. The van der Waals surface area contributed by atoms with Crippen LogP contribution >= 0.6 is 0 Å². The molecule has 28 heavy (non-hydrogen) atoms. The van der Waals surface area contributed by atoms with Gasteiger partial charge in [-0.15, -0.1) is 0 Å². The lowest BCUT2D eigenvalue weighted by molar-refractivity contribution is -0.139. The van der Waals surface area contributed by atoms with Crippen molar-refractivity contribution in [1.82, 2.24) is 10.6 Å². The number of benzene rings is 1. The van der Waals surface area contributed by atoms with E-state index in [4.69, 9.17) is 4.42 Å². The third-order valence-corrected chi connectivity index (χ3v) is 6.80. The van der Waals surface area contributed by atoms with Crippen LogP contribution in [0.4, 0.5) is 4.39 Å². The Balaban J connectivity index is 1.73. The minimum absolute atomic E-state index is 0.0259. The van der Waals surface area contributed by atoms with Crippen LogP contribution in [0, 0.1) is 5.82 Å². The highest BCUT2D eigenvalue weighted by Crippen LogP contribution is 2.29. The van der Waals surface area contributed by atoms with Gasteiger partial charge in [0.1, 0.15) is 16.8 Å². The summed E-state index contributed by atoms with van der Waals surface area (Å²) in [4.78, 5) is 24.0. The van der Waals surface area contributed by atoms with Crippen molar-refractivity contribution in [3.05, 3.63) is 54.2 Å². The van der Waals surface area contributed by atoms with E-state index >= 15 is 0 Å². The van der Waals surface area contributed by atoms with Crippen molar-refractivity contribution in [1.29, 1.82) is 0 Å². The first-order valence-corrected chi connectivity index (χ1v) is 10.5. The van der Waals surface area contributed by atoms with Gasteiger partial charge in [-0.1, -0.05) is 12.8 Å². The summed E-state index contributed by atoms with van der Waals surface area (Å²) in [5.41, 5.74) is 0. The van der Waals surface area contributed by atoms with E-state index in [1.807, 2.05) is 0 Å². The third kappa shape index (κ3) is 4.59. The van der Waals surface area contributed by atoms with Gasteiger partial charge in [0.2, 0.25) is 0 Å². The summed E-state index contributed by atoms with van der Waals surface area (Å²) in [5, 5.41) is 3.76. The Morgan fingerprint density at radius 2 is 1.79 bits per heavy atom. The van der Waals surface area contributed by atoms with Gasteiger partial charge >= 0.3 is 11.8 Å². The zero-order valence-corrected chi connectivity index (χ0v) is 15.9. The van der Waals surface area contributed by atoms with Gasteiger partial charge in [0.05, 0.1) is 11.2 Å². The molecule has 150 valence electrons. The van der Waals surface area contributed by atoms with Gasteiger partial charge in [0.15, 0.2) is 9.84 Å². The monoisotopic (exact) mass is 408 g/mol. The van der Waals surface area contributed by atoms with Crippen LogP contribution in [-0.4, -0.2) is 32.8 Å². The lowest BCUT2D eigenvalue weighted by Gasteiger charge is -2.17. The number of hydrogen-bond donors (Lipinski definition) is 2. The van der Waals surface area contributed by atoms with Crippen LogP contribution in [-0.2, 0) is 19.4 Å². The van der Waals surface area contributed by atoms with E-state index < -0.39 is 32.7 Å². The molecule has 2 amide bonds. The largest absolute Gasteiger partial charge is 0.468 e. The minimum atomic E-state index is -3.99. The number of sulfone groups is 1. The number of halogens is 1. The Labute approximate surface area is 162 Å². The molecule has 1 atom stereocenters. The number of rotatable bonds is 6. The second-order valence-corrected chi connectivity index (χ2v) is 8.80. The van der Waals surface area contributed by atoms with E-state index in [1.165, 1.54) is 18.4 Å². The molecular formula is C19H21FN2O5S. The highest BCUT2D eigenvalue weighted by Gasteiger charge is 2.32. The Kier molecular flexibility index (Phi) is 6.13. The molecule has 1 aromatic carbocycles. The molecule has 1 heterocycles. The fraction of sp³-hybridized carbons (Fsp3) is 0.368. The van der Waals surface area contributed by atoms with Crippen LogP contribution < -0.4 is 10.6 Å². The van der Waals surface area contributed by atoms with Gasteiger partial charge in [-0.2, -0.15) is 0 Å². The van der Waals surface area contributed by atoms with E-state index in [0.29, 0.717) is 0 Å². The lowest BCUT2D eigenvalue weighted by Crippen LogP contribution is -2.45. The fourth-order valence-electron chi connectivity index (χ4n) is 3.21. The molecule has 9 heteroatoms. The molecule has 1 aliphatic carbocycles. The molecule has 0 saturated heterocycles. The average Bonchev–Trinajstić information content (AvgIpc) is 3.36. The molecule has 0 aliphatic heterocycles. The van der Waals surface area contributed by atoms with Crippen molar-refractivity contribution in [2.45, 2.75) is 41.9 Å². The van der Waals surface area contributed by atoms with Gasteiger partial charge in [-0.25, -0.2) is 12.8 Å². The van der Waals surface area contributed by atoms with Crippen LogP contribution in [0.15, 0.2) is 52.0 Å². The first-order chi connectivity index (χ1) is 13.4. The van der Waals surface area contributed by atoms with E-state index in [2.05, 4.69) is 10.6 Å². The first kappa shape index (κ1) is 20.1.